The van der Waals surface area contributed by atoms with E-state index in [0.717, 1.165) is 21.8 Å². The first-order valence-electron chi connectivity index (χ1n) is 7.81. The normalized spacial score (nSPS) is 11.3. The molecule has 0 bridgehead atoms. The third-order valence-electron chi connectivity index (χ3n) is 3.74. The predicted octanol–water partition coefficient (Wildman–Crippen LogP) is 4.19. The molecule has 136 valence electrons. The van der Waals surface area contributed by atoms with E-state index in [4.69, 9.17) is 0 Å². The van der Waals surface area contributed by atoms with Gasteiger partial charge in [0.25, 0.3) is 15.9 Å². The fourth-order valence-electron chi connectivity index (χ4n) is 2.38. The quantitative estimate of drug-likeness (QED) is 0.667. The van der Waals surface area contributed by atoms with Crippen LogP contribution in [0.4, 0.5) is 5.69 Å². The van der Waals surface area contributed by atoms with Crippen LogP contribution in [0.25, 0.3) is 0 Å². The zero-order chi connectivity index (χ0) is 18.7. The number of carbonyl (C=O) groups excluding carboxylic acids is 1. The van der Waals surface area contributed by atoms with Gasteiger partial charge in [0.1, 0.15) is 9.77 Å². The molecule has 0 saturated carbocycles. The molecule has 0 aliphatic carbocycles. The summed E-state index contributed by atoms with van der Waals surface area (Å²) in [5.74, 6) is -0.308. The van der Waals surface area contributed by atoms with E-state index in [9.17, 15) is 13.2 Å². The molecule has 0 saturated heterocycles. The lowest BCUT2D eigenvalue weighted by Crippen LogP contribution is -2.27. The van der Waals surface area contributed by atoms with Crippen LogP contribution < -0.4 is 4.72 Å². The molecule has 0 fully saturated rings. The molecule has 0 radical (unpaired) electrons. The van der Waals surface area contributed by atoms with E-state index < -0.39 is 10.0 Å². The number of amides is 1. The Morgan fingerprint density at radius 1 is 1.08 bits per heavy atom. The van der Waals surface area contributed by atoms with Crippen molar-refractivity contribution >= 4 is 44.3 Å². The average Bonchev–Trinajstić information content (AvgIpc) is 3.27. The number of sulfonamides is 1. The summed E-state index contributed by atoms with van der Waals surface area (Å²) in [6, 6.07) is 12.4. The van der Waals surface area contributed by atoms with Crippen LogP contribution in [0.5, 0.6) is 0 Å². The first-order chi connectivity index (χ1) is 12.4. The number of hydrogen-bond acceptors (Lipinski definition) is 5. The van der Waals surface area contributed by atoms with E-state index in [1.165, 1.54) is 11.0 Å². The number of aryl methyl sites for hydroxylation is 1. The van der Waals surface area contributed by atoms with Crippen molar-refractivity contribution in [1.29, 1.82) is 0 Å². The lowest BCUT2D eigenvalue weighted by atomic mass is 10.2. The Balaban J connectivity index is 1.82. The van der Waals surface area contributed by atoms with Crippen LogP contribution in [0.3, 0.4) is 0 Å². The number of carbonyl (C=O) groups is 1. The molecule has 0 aliphatic rings. The Bertz CT molecular complexity index is 991. The minimum atomic E-state index is -3.84. The molecule has 3 rings (SSSR count). The monoisotopic (exact) mass is 406 g/mol. The largest absolute Gasteiger partial charge is 0.336 e. The SMILES string of the molecule is Cc1ccc(NS(=O)(=O)c2ccsc2C(=O)N(C)Cc2cccs2)cc1. The summed E-state index contributed by atoms with van der Waals surface area (Å²) in [6.07, 6.45) is 0. The van der Waals surface area contributed by atoms with Gasteiger partial charge in [-0.05, 0) is 41.9 Å². The van der Waals surface area contributed by atoms with Crippen molar-refractivity contribution in [1.82, 2.24) is 4.90 Å². The highest BCUT2D eigenvalue weighted by Gasteiger charge is 2.26. The Hall–Kier alpha value is -2.16. The summed E-state index contributed by atoms with van der Waals surface area (Å²) in [6.45, 7) is 2.37. The third kappa shape index (κ3) is 4.14. The zero-order valence-corrected chi connectivity index (χ0v) is 16.7. The molecule has 5 nitrogen and oxygen atoms in total. The molecule has 0 spiro atoms. The van der Waals surface area contributed by atoms with Crippen molar-refractivity contribution in [2.75, 3.05) is 11.8 Å². The van der Waals surface area contributed by atoms with Gasteiger partial charge < -0.3 is 4.90 Å². The predicted molar refractivity (Wildman–Crippen MR) is 106 cm³/mol. The summed E-state index contributed by atoms with van der Waals surface area (Å²) in [5, 5.41) is 3.57. The minimum absolute atomic E-state index is 0.00565. The van der Waals surface area contributed by atoms with Crippen LogP contribution in [-0.2, 0) is 16.6 Å². The second-order valence-electron chi connectivity index (χ2n) is 5.83. The van der Waals surface area contributed by atoms with E-state index in [-0.39, 0.29) is 15.7 Å². The number of rotatable bonds is 6. The molecular weight excluding hydrogens is 388 g/mol. The number of hydrogen-bond donors (Lipinski definition) is 1. The molecule has 2 aromatic heterocycles. The Labute approximate surface area is 161 Å². The number of benzene rings is 1. The van der Waals surface area contributed by atoms with E-state index in [1.54, 1.807) is 35.9 Å². The molecule has 0 aliphatic heterocycles. The van der Waals surface area contributed by atoms with E-state index >= 15 is 0 Å². The van der Waals surface area contributed by atoms with Gasteiger partial charge in [0.2, 0.25) is 0 Å². The van der Waals surface area contributed by atoms with E-state index in [1.807, 2.05) is 36.6 Å². The van der Waals surface area contributed by atoms with Gasteiger partial charge in [-0.1, -0.05) is 23.8 Å². The first-order valence-corrected chi connectivity index (χ1v) is 11.1. The fourth-order valence-corrected chi connectivity index (χ4v) is 5.61. The molecule has 1 N–H and O–H groups in total. The second-order valence-corrected chi connectivity index (χ2v) is 9.43. The zero-order valence-electron chi connectivity index (χ0n) is 14.3. The van der Waals surface area contributed by atoms with Crippen molar-refractivity contribution in [2.24, 2.45) is 0 Å². The van der Waals surface area contributed by atoms with Crippen molar-refractivity contribution in [2.45, 2.75) is 18.4 Å². The van der Waals surface area contributed by atoms with Crippen LogP contribution >= 0.6 is 22.7 Å². The standard InChI is InChI=1S/C18H18N2O3S3/c1-13-5-7-14(8-6-13)19-26(22,23)16-9-11-25-17(16)18(21)20(2)12-15-4-3-10-24-15/h3-11,19H,12H2,1-2H3. The topological polar surface area (TPSA) is 66.5 Å². The Morgan fingerprint density at radius 2 is 1.81 bits per heavy atom. The van der Waals surface area contributed by atoms with Gasteiger partial charge >= 0.3 is 0 Å². The number of nitrogens with zero attached hydrogens (tertiary/aromatic N) is 1. The molecule has 0 unspecified atom stereocenters. The maximum absolute atomic E-state index is 12.7. The first kappa shape index (κ1) is 18.6. The molecule has 1 aromatic carbocycles. The summed E-state index contributed by atoms with van der Waals surface area (Å²) in [4.78, 5) is 15.5. The number of thiophene rings is 2. The van der Waals surface area contributed by atoms with Gasteiger partial charge in [-0.25, -0.2) is 8.42 Å². The highest BCUT2D eigenvalue weighted by Crippen LogP contribution is 2.26. The van der Waals surface area contributed by atoms with Crippen LogP contribution in [0.1, 0.15) is 20.1 Å². The third-order valence-corrected chi connectivity index (χ3v) is 7.05. The summed E-state index contributed by atoms with van der Waals surface area (Å²) < 4.78 is 28.0. The molecule has 3 aromatic rings. The summed E-state index contributed by atoms with van der Waals surface area (Å²) >= 11 is 2.69. The van der Waals surface area contributed by atoms with Crippen LogP contribution in [-0.4, -0.2) is 26.3 Å². The second kappa shape index (κ2) is 7.61. The van der Waals surface area contributed by atoms with Crippen molar-refractivity contribution < 1.29 is 13.2 Å². The van der Waals surface area contributed by atoms with E-state index in [0.29, 0.717) is 12.2 Å². The van der Waals surface area contributed by atoms with Gasteiger partial charge in [-0.15, -0.1) is 22.7 Å². The maximum Gasteiger partial charge on any atom is 0.265 e. The summed E-state index contributed by atoms with van der Waals surface area (Å²) in [7, 11) is -2.17. The van der Waals surface area contributed by atoms with Crippen LogP contribution in [0.15, 0.2) is 58.1 Å². The fraction of sp³-hybridized carbons (Fsp3) is 0.167. The van der Waals surface area contributed by atoms with Gasteiger partial charge in [0.05, 0.1) is 6.54 Å². The smallest absolute Gasteiger partial charge is 0.265 e. The molecule has 26 heavy (non-hydrogen) atoms. The molecular formula is C18H18N2O3S3. The summed E-state index contributed by atoms with van der Waals surface area (Å²) in [5.41, 5.74) is 1.50. The maximum atomic E-state index is 12.7. The van der Waals surface area contributed by atoms with E-state index in [2.05, 4.69) is 4.72 Å². The van der Waals surface area contributed by atoms with Crippen molar-refractivity contribution in [3.8, 4) is 0 Å². The van der Waals surface area contributed by atoms with Crippen molar-refractivity contribution in [3.05, 3.63) is 68.5 Å². The van der Waals surface area contributed by atoms with Gasteiger partial charge in [0, 0.05) is 17.6 Å². The highest BCUT2D eigenvalue weighted by molar-refractivity contribution is 7.93. The van der Waals surface area contributed by atoms with Gasteiger partial charge in [-0.2, -0.15) is 0 Å². The van der Waals surface area contributed by atoms with Gasteiger partial charge in [0.15, 0.2) is 0 Å². The minimum Gasteiger partial charge on any atom is -0.336 e. The average molecular weight is 407 g/mol. The molecule has 2 heterocycles. The molecule has 1 amide bonds. The van der Waals surface area contributed by atoms with Crippen LogP contribution in [0.2, 0.25) is 0 Å². The highest BCUT2D eigenvalue weighted by atomic mass is 32.2. The van der Waals surface area contributed by atoms with Crippen molar-refractivity contribution in [3.63, 3.8) is 0 Å². The number of nitrogens with one attached hydrogen (secondary N) is 1. The lowest BCUT2D eigenvalue weighted by molar-refractivity contribution is 0.0788. The number of anilines is 1. The van der Waals surface area contributed by atoms with Gasteiger partial charge in [-0.3, -0.25) is 9.52 Å². The Morgan fingerprint density at radius 3 is 2.46 bits per heavy atom. The molecule has 8 heteroatoms. The van der Waals surface area contributed by atoms with Crippen LogP contribution in [0, 0.1) is 6.92 Å². The molecule has 0 atom stereocenters. The lowest BCUT2D eigenvalue weighted by Gasteiger charge is -2.16. The Kier molecular flexibility index (Phi) is 5.45.